The van der Waals surface area contributed by atoms with Crippen LogP contribution in [0.15, 0.2) is 132 Å². The molecule has 1 aliphatic carbocycles. The lowest BCUT2D eigenvalue weighted by atomic mass is 9.71. The van der Waals surface area contributed by atoms with Gasteiger partial charge in [-0.25, -0.2) is 4.79 Å². The van der Waals surface area contributed by atoms with Crippen LogP contribution in [0.3, 0.4) is 0 Å². The van der Waals surface area contributed by atoms with E-state index in [1.54, 1.807) is 23.9 Å². The van der Waals surface area contributed by atoms with Crippen molar-refractivity contribution >= 4 is 52.6 Å². The third-order valence-electron chi connectivity index (χ3n) is 8.27. The lowest BCUT2D eigenvalue weighted by Gasteiger charge is -2.46. The van der Waals surface area contributed by atoms with E-state index in [-0.39, 0.29) is 23.5 Å². The van der Waals surface area contributed by atoms with E-state index < -0.39 is 25.2 Å². The first-order chi connectivity index (χ1) is 21.5. The highest BCUT2D eigenvalue weighted by molar-refractivity contribution is 8.00. The van der Waals surface area contributed by atoms with Crippen molar-refractivity contribution in [1.82, 2.24) is 5.32 Å². The molecule has 1 amide bonds. The van der Waals surface area contributed by atoms with Crippen LogP contribution in [0, 0.1) is 5.92 Å². The minimum Gasteiger partial charge on any atom is -0.484 e. The molecule has 222 valence electrons. The Morgan fingerprint density at radius 1 is 0.795 bits per heavy atom. The Balaban J connectivity index is 1.35. The maximum Gasteiger partial charge on any atom is 0.334 e. The van der Waals surface area contributed by atoms with Gasteiger partial charge in [-0.3, -0.25) is 9.59 Å². The third-order valence-corrected chi connectivity index (χ3v) is 14.1. The van der Waals surface area contributed by atoms with E-state index >= 15 is 0 Å². The molecule has 4 aromatic carbocycles. The van der Waals surface area contributed by atoms with Crippen molar-refractivity contribution < 1.29 is 23.9 Å². The molecule has 1 saturated carbocycles. The van der Waals surface area contributed by atoms with Crippen LogP contribution in [0.25, 0.3) is 0 Å². The van der Waals surface area contributed by atoms with Crippen LogP contribution < -0.4 is 26.0 Å². The maximum absolute atomic E-state index is 13.7. The highest BCUT2D eigenvalue weighted by atomic mass is 32.2. The first kappa shape index (κ1) is 29.9. The Hall–Kier alpha value is -4.19. The lowest BCUT2D eigenvalue weighted by Crippen LogP contribution is -2.65. The zero-order valence-corrected chi connectivity index (χ0v) is 26.0. The van der Waals surface area contributed by atoms with Crippen LogP contribution in [0.2, 0.25) is 0 Å². The number of rotatable bonds is 10. The van der Waals surface area contributed by atoms with Gasteiger partial charge < -0.3 is 14.8 Å². The molecule has 0 spiro atoms. The summed E-state index contributed by atoms with van der Waals surface area (Å²) in [5.41, 5.74) is 1.37. The number of hydrogen-bond donors (Lipinski definition) is 1. The van der Waals surface area contributed by atoms with E-state index in [1.807, 2.05) is 36.4 Å². The van der Waals surface area contributed by atoms with Gasteiger partial charge in [-0.05, 0) is 54.1 Å². The summed E-state index contributed by atoms with van der Waals surface area (Å²) < 4.78 is 10.9. The molecule has 1 N–H and O–H groups in total. The molecule has 1 aliphatic heterocycles. The second-order valence-electron chi connectivity index (χ2n) is 10.8. The maximum atomic E-state index is 13.7. The monoisotopic (exact) mass is 622 g/mol. The van der Waals surface area contributed by atoms with Gasteiger partial charge in [0.05, 0.1) is 24.8 Å². The summed E-state index contributed by atoms with van der Waals surface area (Å²) in [5, 5.41) is 6.20. The first-order valence-electron chi connectivity index (χ1n) is 14.5. The highest BCUT2D eigenvalue weighted by Crippen LogP contribution is 2.59. The van der Waals surface area contributed by atoms with Crippen LogP contribution in [-0.4, -0.2) is 54.6 Å². The molecular formula is C36H33NO5PS+. The Labute approximate surface area is 262 Å². The summed E-state index contributed by atoms with van der Waals surface area (Å²) in [7, 11) is -0.942. The van der Waals surface area contributed by atoms with Crippen molar-refractivity contribution in [3.8, 4) is 5.75 Å². The second-order valence-corrected chi connectivity index (χ2v) is 15.4. The minimum atomic E-state index is -2.30. The average molecular weight is 623 g/mol. The van der Waals surface area contributed by atoms with Gasteiger partial charge in [0.25, 0.3) is 5.91 Å². The van der Waals surface area contributed by atoms with Crippen molar-refractivity contribution in [3.05, 3.63) is 132 Å². The molecule has 0 aromatic heterocycles. The van der Waals surface area contributed by atoms with Gasteiger partial charge in [0.2, 0.25) is 0 Å². The number of carbonyl (C=O) groups excluding carboxylic acids is 3. The number of fused-ring (bicyclic) bond motifs is 1. The molecule has 6 nitrogen and oxygen atoms in total. The zero-order valence-electron chi connectivity index (χ0n) is 24.3. The molecule has 0 bridgehead atoms. The zero-order chi connectivity index (χ0) is 30.5. The van der Waals surface area contributed by atoms with Gasteiger partial charge in [0.1, 0.15) is 35.0 Å². The minimum absolute atomic E-state index is 0.170. The molecule has 1 heterocycles. The fourth-order valence-electron chi connectivity index (χ4n) is 6.19. The fourth-order valence-corrected chi connectivity index (χ4v) is 12.2. The van der Waals surface area contributed by atoms with Gasteiger partial charge in [-0.15, -0.1) is 0 Å². The number of para-hydroxylation sites is 1. The van der Waals surface area contributed by atoms with Gasteiger partial charge in [0.15, 0.2) is 12.4 Å². The van der Waals surface area contributed by atoms with Gasteiger partial charge in [0, 0.05) is 11.0 Å². The molecule has 3 atom stereocenters. The van der Waals surface area contributed by atoms with Gasteiger partial charge in [-0.1, -0.05) is 72.8 Å². The lowest BCUT2D eigenvalue weighted by molar-refractivity contribution is -0.141. The Bertz CT molecular complexity index is 1570. The number of ketones is 1. The van der Waals surface area contributed by atoms with Crippen molar-refractivity contribution in [2.75, 3.05) is 25.6 Å². The van der Waals surface area contributed by atoms with Crippen molar-refractivity contribution in [3.63, 3.8) is 0 Å². The van der Waals surface area contributed by atoms with E-state index in [4.69, 9.17) is 9.47 Å². The van der Waals surface area contributed by atoms with E-state index in [2.05, 4.69) is 78.1 Å². The number of methoxy groups -OCH3 is 1. The number of amides is 1. The molecule has 0 radical (unpaired) electrons. The molecule has 6 rings (SSSR count). The number of nitrogens with one attached hydrogen (secondary N) is 1. The van der Waals surface area contributed by atoms with Crippen LogP contribution >= 0.6 is 19.0 Å². The van der Waals surface area contributed by atoms with Crippen molar-refractivity contribution in [2.45, 2.75) is 11.3 Å². The number of benzene rings is 4. The predicted octanol–water partition coefficient (Wildman–Crippen LogP) is 4.33. The molecule has 4 aromatic rings. The van der Waals surface area contributed by atoms with E-state index in [0.29, 0.717) is 23.2 Å². The van der Waals surface area contributed by atoms with Crippen molar-refractivity contribution in [2.24, 2.45) is 5.92 Å². The topological polar surface area (TPSA) is 81.7 Å². The van der Waals surface area contributed by atoms with E-state index in [0.717, 1.165) is 5.57 Å². The Morgan fingerprint density at radius 3 is 1.80 bits per heavy atom. The van der Waals surface area contributed by atoms with E-state index in [1.165, 1.54) is 23.0 Å². The van der Waals surface area contributed by atoms with Gasteiger partial charge in [-0.2, -0.15) is 11.8 Å². The summed E-state index contributed by atoms with van der Waals surface area (Å²) in [4.78, 5) is 39.9. The Morgan fingerprint density at radius 2 is 1.30 bits per heavy atom. The van der Waals surface area contributed by atoms with Crippen LogP contribution in [0.1, 0.15) is 0 Å². The van der Waals surface area contributed by atoms with Crippen LogP contribution in [-0.2, 0) is 19.1 Å². The number of hydrogen-bond acceptors (Lipinski definition) is 6. The van der Waals surface area contributed by atoms with Gasteiger partial charge >= 0.3 is 5.97 Å². The summed E-state index contributed by atoms with van der Waals surface area (Å²) in [6.07, 6.45) is 0.598. The molecule has 1 unspecified atom stereocenters. The largest absolute Gasteiger partial charge is 0.484 e. The van der Waals surface area contributed by atoms with Crippen LogP contribution in [0.5, 0.6) is 5.75 Å². The number of ether oxygens (including phenoxy) is 2. The fraction of sp³-hybridized carbons (Fsp3) is 0.194. The molecular weight excluding hydrogens is 589 g/mol. The SMILES string of the molecule is COC(=O)C1=C(C[P+](c2ccccc2)(c2ccccc2)c2ccccc2)CS[C@H]2C1C(=O)[C@H]2NC(=O)COc1ccccc1. The summed E-state index contributed by atoms with van der Waals surface area (Å²) in [6.45, 7) is -0.195. The standard InChI is InChI=1S/C36H32NO5PS/c1-41-36(40)31-25(24-44-35-32(31)34(39)33(35)37-30(38)22-42-26-14-6-2-7-15-26)23-43(27-16-8-3-9-17-27,28-18-10-4-11-19-28)29-20-12-5-13-21-29/h2-21,32-33,35H,22-24H2,1H3/p+1/t32?,33-,35+/m1/s1. The average Bonchev–Trinajstić information content (AvgIpc) is 3.09. The smallest absolute Gasteiger partial charge is 0.334 e. The number of carbonyl (C=O) groups is 3. The predicted molar refractivity (Wildman–Crippen MR) is 178 cm³/mol. The summed E-state index contributed by atoms with van der Waals surface area (Å²) in [5.74, 6) is -0.525. The number of Topliss-reactive ketones (excluding diaryl/α,β-unsaturated/α-hetero) is 1. The molecule has 1 fully saturated rings. The normalized spacial score (nSPS) is 19.4. The second kappa shape index (κ2) is 13.2. The van der Waals surface area contributed by atoms with Crippen molar-refractivity contribution in [1.29, 1.82) is 0 Å². The number of thioether (sulfide) groups is 1. The molecule has 8 heteroatoms. The van der Waals surface area contributed by atoms with Crippen LogP contribution in [0.4, 0.5) is 0 Å². The first-order valence-corrected chi connectivity index (χ1v) is 17.5. The molecule has 0 saturated heterocycles. The number of esters is 1. The molecule has 44 heavy (non-hydrogen) atoms. The third kappa shape index (κ3) is 5.70. The quantitative estimate of drug-likeness (QED) is 0.210. The summed E-state index contributed by atoms with van der Waals surface area (Å²) >= 11 is 1.62. The Kier molecular flexibility index (Phi) is 8.96. The van der Waals surface area contributed by atoms with E-state index in [9.17, 15) is 14.4 Å². The highest BCUT2D eigenvalue weighted by Gasteiger charge is 2.58. The molecule has 2 aliphatic rings. The summed E-state index contributed by atoms with van der Waals surface area (Å²) in [6, 6.07) is 39.8.